The second-order valence-electron chi connectivity index (χ2n) is 8.38. The van der Waals surface area contributed by atoms with Gasteiger partial charge in [0, 0.05) is 31.5 Å². The third-order valence-electron chi connectivity index (χ3n) is 6.20. The number of hydrogen-bond donors (Lipinski definition) is 2. The van der Waals surface area contributed by atoms with Gasteiger partial charge < -0.3 is 14.7 Å². The van der Waals surface area contributed by atoms with Crippen molar-refractivity contribution < 1.29 is 14.6 Å². The molecule has 1 aromatic heterocycles. The molecule has 1 fully saturated rings. The van der Waals surface area contributed by atoms with Gasteiger partial charge in [-0.3, -0.25) is 9.89 Å². The summed E-state index contributed by atoms with van der Waals surface area (Å²) in [5.41, 5.74) is 4.02. The van der Waals surface area contributed by atoms with Gasteiger partial charge in [0.05, 0.1) is 23.5 Å². The lowest BCUT2D eigenvalue weighted by molar-refractivity contribution is -0.0166. The molecular weight excluding hydrogens is 354 g/mol. The maximum atomic E-state index is 13.1. The Morgan fingerprint density at radius 3 is 2.75 bits per heavy atom. The highest BCUT2D eigenvalue weighted by Crippen LogP contribution is 2.32. The molecule has 3 heterocycles. The number of ether oxygens (including phenoxy) is 1. The van der Waals surface area contributed by atoms with E-state index in [2.05, 4.69) is 29.3 Å². The zero-order valence-electron chi connectivity index (χ0n) is 16.9. The number of piperidine rings is 1. The number of likely N-dealkylation sites (tertiary alicyclic amines) is 1. The number of nitrogens with one attached hydrogen (secondary N) is 1. The number of benzene rings is 1. The van der Waals surface area contributed by atoms with Crippen molar-refractivity contribution in [2.24, 2.45) is 0 Å². The normalized spacial score (nSPS) is 24.1. The SMILES string of the molecule is Cc1ccccc1CC1(O)CCN(C(=O)c2n[nH]c3c2C[C@@H](C)O[C@H]3C)CC1. The Hall–Kier alpha value is -2.18. The van der Waals surface area contributed by atoms with Crippen LogP contribution in [0.1, 0.15) is 65.7 Å². The van der Waals surface area contributed by atoms with Crippen LogP contribution in [0.25, 0.3) is 0 Å². The summed E-state index contributed by atoms with van der Waals surface area (Å²) < 4.78 is 5.82. The quantitative estimate of drug-likeness (QED) is 0.854. The Morgan fingerprint density at radius 1 is 1.32 bits per heavy atom. The fourth-order valence-corrected chi connectivity index (χ4v) is 4.47. The van der Waals surface area contributed by atoms with Crippen LogP contribution >= 0.6 is 0 Å². The van der Waals surface area contributed by atoms with E-state index >= 15 is 0 Å². The zero-order valence-corrected chi connectivity index (χ0v) is 16.9. The van der Waals surface area contributed by atoms with Crippen LogP contribution in [0.2, 0.25) is 0 Å². The monoisotopic (exact) mass is 383 g/mol. The van der Waals surface area contributed by atoms with Gasteiger partial charge in [0.2, 0.25) is 0 Å². The first kappa shape index (κ1) is 19.2. The molecule has 4 rings (SSSR count). The van der Waals surface area contributed by atoms with Gasteiger partial charge in [-0.05, 0) is 44.7 Å². The summed E-state index contributed by atoms with van der Waals surface area (Å²) in [7, 11) is 0. The van der Waals surface area contributed by atoms with E-state index in [1.807, 2.05) is 30.9 Å². The van der Waals surface area contributed by atoms with Crippen LogP contribution in [0, 0.1) is 6.92 Å². The lowest BCUT2D eigenvalue weighted by Crippen LogP contribution is -2.48. The smallest absolute Gasteiger partial charge is 0.274 e. The van der Waals surface area contributed by atoms with Crippen molar-refractivity contribution in [3.8, 4) is 0 Å². The largest absolute Gasteiger partial charge is 0.389 e. The second kappa shape index (κ2) is 7.33. The number of aryl methyl sites for hydroxylation is 1. The van der Waals surface area contributed by atoms with Crippen LogP contribution in [-0.4, -0.2) is 50.9 Å². The molecule has 1 amide bonds. The summed E-state index contributed by atoms with van der Waals surface area (Å²) >= 11 is 0. The van der Waals surface area contributed by atoms with Gasteiger partial charge in [0.25, 0.3) is 5.91 Å². The van der Waals surface area contributed by atoms with E-state index in [0.717, 1.165) is 11.3 Å². The Kier molecular flexibility index (Phi) is 5.02. The Labute approximate surface area is 165 Å². The maximum absolute atomic E-state index is 13.1. The first-order valence-electron chi connectivity index (χ1n) is 10.1. The molecule has 28 heavy (non-hydrogen) atoms. The molecule has 1 aromatic carbocycles. The highest BCUT2D eigenvalue weighted by atomic mass is 16.5. The van der Waals surface area contributed by atoms with Crippen molar-refractivity contribution in [2.75, 3.05) is 13.1 Å². The summed E-state index contributed by atoms with van der Waals surface area (Å²) in [4.78, 5) is 14.9. The molecule has 0 saturated carbocycles. The molecule has 2 aromatic rings. The van der Waals surface area contributed by atoms with Gasteiger partial charge in [0.15, 0.2) is 5.69 Å². The molecule has 150 valence electrons. The van der Waals surface area contributed by atoms with Gasteiger partial charge in [-0.1, -0.05) is 24.3 Å². The topological polar surface area (TPSA) is 78.5 Å². The molecule has 2 aliphatic heterocycles. The van der Waals surface area contributed by atoms with Gasteiger partial charge in [-0.25, -0.2) is 0 Å². The van der Waals surface area contributed by atoms with Crippen molar-refractivity contribution in [3.63, 3.8) is 0 Å². The number of fused-ring (bicyclic) bond motifs is 1. The van der Waals surface area contributed by atoms with Crippen molar-refractivity contribution in [1.29, 1.82) is 0 Å². The number of aromatic nitrogens is 2. The number of carbonyl (C=O) groups excluding carboxylic acids is 1. The summed E-state index contributed by atoms with van der Waals surface area (Å²) in [6.07, 6.45) is 2.49. The average molecular weight is 383 g/mol. The molecule has 2 N–H and O–H groups in total. The summed E-state index contributed by atoms with van der Waals surface area (Å²) in [5, 5.41) is 18.4. The summed E-state index contributed by atoms with van der Waals surface area (Å²) in [6, 6.07) is 8.17. The fourth-order valence-electron chi connectivity index (χ4n) is 4.47. The molecule has 0 bridgehead atoms. The standard InChI is InChI=1S/C22H29N3O3/c1-14-6-4-5-7-17(14)13-22(27)8-10-25(11-9-22)21(26)20-18-12-15(2)28-16(3)19(18)23-24-20/h4-7,15-16,27H,8-13H2,1-3H3,(H,23,24)/t15-,16+/m1/s1. The first-order chi connectivity index (χ1) is 13.4. The third kappa shape index (κ3) is 3.59. The number of aromatic amines is 1. The Bertz CT molecular complexity index is 868. The molecule has 6 nitrogen and oxygen atoms in total. The van der Waals surface area contributed by atoms with Crippen LogP contribution in [0.5, 0.6) is 0 Å². The summed E-state index contributed by atoms with van der Waals surface area (Å²) in [5.74, 6) is -0.0447. The van der Waals surface area contributed by atoms with Crippen LogP contribution in [-0.2, 0) is 17.6 Å². The molecule has 6 heteroatoms. The predicted octanol–water partition coefficient (Wildman–Crippen LogP) is 2.95. The van der Waals surface area contributed by atoms with Gasteiger partial charge in [-0.2, -0.15) is 5.10 Å². The fraction of sp³-hybridized carbons (Fsp3) is 0.545. The van der Waals surface area contributed by atoms with E-state index in [9.17, 15) is 9.90 Å². The number of hydrogen-bond acceptors (Lipinski definition) is 4. The molecule has 0 aliphatic carbocycles. The van der Waals surface area contributed by atoms with Gasteiger partial charge >= 0.3 is 0 Å². The van der Waals surface area contributed by atoms with Crippen molar-refractivity contribution in [2.45, 2.75) is 64.3 Å². The first-order valence-corrected chi connectivity index (χ1v) is 10.1. The molecule has 2 aliphatic rings. The van der Waals surface area contributed by atoms with Crippen LogP contribution < -0.4 is 0 Å². The van der Waals surface area contributed by atoms with E-state index < -0.39 is 5.60 Å². The van der Waals surface area contributed by atoms with E-state index in [1.54, 1.807) is 0 Å². The second-order valence-corrected chi connectivity index (χ2v) is 8.38. The minimum Gasteiger partial charge on any atom is -0.389 e. The van der Waals surface area contributed by atoms with Crippen LogP contribution in [0.15, 0.2) is 24.3 Å². The predicted molar refractivity (Wildman–Crippen MR) is 106 cm³/mol. The van der Waals surface area contributed by atoms with Crippen molar-refractivity contribution >= 4 is 5.91 Å². The number of amides is 1. The molecule has 0 spiro atoms. The number of carbonyl (C=O) groups is 1. The summed E-state index contributed by atoms with van der Waals surface area (Å²) in [6.45, 7) is 7.17. The average Bonchev–Trinajstić information content (AvgIpc) is 3.08. The molecule has 0 radical (unpaired) electrons. The molecule has 1 saturated heterocycles. The van der Waals surface area contributed by atoms with E-state index in [0.29, 0.717) is 44.5 Å². The minimum absolute atomic E-state index is 0.0447. The Morgan fingerprint density at radius 2 is 2.04 bits per heavy atom. The molecule has 0 unspecified atom stereocenters. The van der Waals surface area contributed by atoms with Crippen LogP contribution in [0.3, 0.4) is 0 Å². The van der Waals surface area contributed by atoms with E-state index in [-0.39, 0.29) is 18.1 Å². The lowest BCUT2D eigenvalue weighted by atomic mass is 9.84. The van der Waals surface area contributed by atoms with Gasteiger partial charge in [0.1, 0.15) is 0 Å². The number of rotatable bonds is 3. The highest BCUT2D eigenvalue weighted by Gasteiger charge is 2.37. The third-order valence-corrected chi connectivity index (χ3v) is 6.20. The molecular formula is C22H29N3O3. The zero-order chi connectivity index (χ0) is 19.9. The number of H-pyrrole nitrogens is 1. The van der Waals surface area contributed by atoms with Crippen LogP contribution in [0.4, 0.5) is 0 Å². The molecule has 2 atom stereocenters. The highest BCUT2D eigenvalue weighted by molar-refractivity contribution is 5.94. The van der Waals surface area contributed by atoms with Crippen molar-refractivity contribution in [1.82, 2.24) is 15.1 Å². The maximum Gasteiger partial charge on any atom is 0.274 e. The minimum atomic E-state index is -0.759. The Balaban J connectivity index is 1.44. The number of aliphatic hydroxyl groups is 1. The number of nitrogens with zero attached hydrogens (tertiary/aromatic N) is 2. The van der Waals surface area contributed by atoms with E-state index in [1.165, 1.54) is 11.1 Å². The van der Waals surface area contributed by atoms with E-state index in [4.69, 9.17) is 4.74 Å². The van der Waals surface area contributed by atoms with Crippen molar-refractivity contribution in [3.05, 3.63) is 52.3 Å². The lowest BCUT2D eigenvalue weighted by Gasteiger charge is -2.38. The van der Waals surface area contributed by atoms with Gasteiger partial charge in [-0.15, -0.1) is 0 Å².